The van der Waals surface area contributed by atoms with E-state index in [1.54, 1.807) is 7.11 Å². The number of amides is 1. The van der Waals surface area contributed by atoms with E-state index in [1.165, 1.54) is 0 Å². The van der Waals surface area contributed by atoms with Gasteiger partial charge in [-0.1, -0.05) is 32.0 Å². The minimum atomic E-state index is 0.00241. The van der Waals surface area contributed by atoms with Gasteiger partial charge in [0.1, 0.15) is 18.1 Å². The first-order valence-electron chi connectivity index (χ1n) is 12.1. The van der Waals surface area contributed by atoms with Crippen molar-refractivity contribution in [3.8, 4) is 11.5 Å². The van der Waals surface area contributed by atoms with Crippen LogP contribution in [0.3, 0.4) is 0 Å². The minimum absolute atomic E-state index is 0.00241. The number of benzene rings is 2. The molecular formula is C27H35N3O4. The molecule has 4 rings (SSSR count). The summed E-state index contributed by atoms with van der Waals surface area (Å²) in [6.07, 6.45) is 1.93. The predicted octanol–water partition coefficient (Wildman–Crippen LogP) is 3.59. The van der Waals surface area contributed by atoms with Crippen molar-refractivity contribution in [1.82, 2.24) is 9.80 Å². The fourth-order valence-corrected chi connectivity index (χ4v) is 4.43. The topological polar surface area (TPSA) is 54.5 Å². The van der Waals surface area contributed by atoms with Crippen molar-refractivity contribution in [3.05, 3.63) is 53.6 Å². The highest BCUT2D eigenvalue weighted by Crippen LogP contribution is 2.39. The second-order valence-corrected chi connectivity index (χ2v) is 8.46. The van der Waals surface area contributed by atoms with E-state index in [2.05, 4.69) is 23.6 Å². The maximum atomic E-state index is 13.6. The summed E-state index contributed by atoms with van der Waals surface area (Å²) in [6, 6.07) is 13.7. The summed E-state index contributed by atoms with van der Waals surface area (Å²) in [5.74, 6) is 1.48. The van der Waals surface area contributed by atoms with Gasteiger partial charge in [-0.15, -0.1) is 0 Å². The van der Waals surface area contributed by atoms with Crippen molar-refractivity contribution in [3.63, 3.8) is 0 Å². The van der Waals surface area contributed by atoms with Gasteiger partial charge in [0.15, 0.2) is 0 Å². The Hall–Kier alpha value is -2.87. The number of morpholine rings is 1. The van der Waals surface area contributed by atoms with Crippen LogP contribution in [0.1, 0.15) is 25.0 Å². The Bertz CT molecular complexity index is 1010. The molecule has 0 aliphatic carbocycles. The van der Waals surface area contributed by atoms with Crippen LogP contribution in [-0.2, 0) is 9.53 Å². The molecule has 1 amide bonds. The first kappa shape index (κ1) is 24.3. The number of ether oxygens (including phenoxy) is 3. The summed E-state index contributed by atoms with van der Waals surface area (Å²) in [4.78, 5) is 20.0. The molecular weight excluding hydrogens is 430 g/mol. The van der Waals surface area contributed by atoms with Gasteiger partial charge in [-0.05, 0) is 43.4 Å². The molecule has 182 valence electrons. The van der Waals surface area contributed by atoms with Crippen LogP contribution in [0.15, 0.2) is 42.5 Å². The fraction of sp³-hybridized carbons (Fsp3) is 0.444. The van der Waals surface area contributed by atoms with E-state index < -0.39 is 0 Å². The standard InChI is InChI=1S/C27H35N3O4/c1-4-28(5-2)14-17-34-22-10-11-26(32-3)21(18-22)19-24-23-8-6-7-9-25(23)30(27(24)31)20-29-12-15-33-16-13-29/h6-11,18-19H,4-5,12-17,20H2,1-3H3/b24-19+. The van der Waals surface area contributed by atoms with Gasteiger partial charge < -0.3 is 19.1 Å². The van der Waals surface area contributed by atoms with E-state index in [-0.39, 0.29) is 5.91 Å². The number of anilines is 1. The van der Waals surface area contributed by atoms with E-state index in [4.69, 9.17) is 14.2 Å². The van der Waals surface area contributed by atoms with Crippen molar-refractivity contribution >= 4 is 23.2 Å². The predicted molar refractivity (Wildman–Crippen MR) is 135 cm³/mol. The van der Waals surface area contributed by atoms with Crippen LogP contribution in [0.25, 0.3) is 11.6 Å². The summed E-state index contributed by atoms with van der Waals surface area (Å²) in [5.41, 5.74) is 3.38. The molecule has 1 saturated heterocycles. The van der Waals surface area contributed by atoms with Crippen LogP contribution in [0, 0.1) is 0 Å². The Kier molecular flexibility index (Phi) is 8.21. The molecule has 0 unspecified atom stereocenters. The third-order valence-electron chi connectivity index (χ3n) is 6.48. The van der Waals surface area contributed by atoms with Crippen LogP contribution in [0.5, 0.6) is 11.5 Å². The van der Waals surface area contributed by atoms with Crippen molar-refractivity contribution < 1.29 is 19.0 Å². The molecule has 34 heavy (non-hydrogen) atoms. The molecule has 2 aromatic carbocycles. The number of carbonyl (C=O) groups excluding carboxylic acids is 1. The lowest BCUT2D eigenvalue weighted by atomic mass is 10.0. The van der Waals surface area contributed by atoms with E-state index in [9.17, 15) is 4.79 Å². The average molecular weight is 466 g/mol. The number of rotatable bonds is 10. The van der Waals surface area contributed by atoms with Gasteiger partial charge in [0.25, 0.3) is 5.91 Å². The molecule has 2 aromatic rings. The maximum absolute atomic E-state index is 13.6. The molecule has 0 spiro atoms. The Labute approximate surface area is 202 Å². The average Bonchev–Trinajstić information content (AvgIpc) is 3.13. The number of carbonyl (C=O) groups is 1. The van der Waals surface area contributed by atoms with Crippen molar-refractivity contribution in [1.29, 1.82) is 0 Å². The Morgan fingerprint density at radius 2 is 1.85 bits per heavy atom. The van der Waals surface area contributed by atoms with Gasteiger partial charge in [-0.2, -0.15) is 0 Å². The molecule has 0 N–H and O–H groups in total. The number of hydrogen-bond acceptors (Lipinski definition) is 6. The second kappa shape index (κ2) is 11.5. The summed E-state index contributed by atoms with van der Waals surface area (Å²) >= 11 is 0. The van der Waals surface area contributed by atoms with E-state index in [1.807, 2.05) is 53.4 Å². The van der Waals surface area contributed by atoms with Crippen LogP contribution >= 0.6 is 0 Å². The summed E-state index contributed by atoms with van der Waals surface area (Å²) < 4.78 is 17.1. The lowest BCUT2D eigenvalue weighted by molar-refractivity contribution is -0.113. The lowest BCUT2D eigenvalue weighted by Crippen LogP contribution is -2.45. The van der Waals surface area contributed by atoms with Gasteiger partial charge in [0, 0.05) is 36.3 Å². The van der Waals surface area contributed by atoms with E-state index in [0.717, 1.165) is 55.3 Å². The number of nitrogens with zero attached hydrogens (tertiary/aromatic N) is 3. The summed E-state index contributed by atoms with van der Waals surface area (Å²) in [5, 5.41) is 0. The van der Waals surface area contributed by atoms with Crippen molar-refractivity contribution in [2.45, 2.75) is 13.8 Å². The minimum Gasteiger partial charge on any atom is -0.496 e. The molecule has 7 heteroatoms. The van der Waals surface area contributed by atoms with Gasteiger partial charge in [-0.3, -0.25) is 14.6 Å². The highest BCUT2D eigenvalue weighted by Gasteiger charge is 2.33. The molecule has 2 heterocycles. The highest BCUT2D eigenvalue weighted by molar-refractivity contribution is 6.35. The number of methoxy groups -OCH3 is 1. The third kappa shape index (κ3) is 5.43. The van der Waals surface area contributed by atoms with Gasteiger partial charge in [0.2, 0.25) is 0 Å². The SMILES string of the molecule is CCN(CC)CCOc1ccc(OC)c(/C=C2/C(=O)N(CN3CCOCC3)c3ccccc32)c1. The monoisotopic (exact) mass is 465 g/mol. The van der Waals surface area contributed by atoms with Crippen LogP contribution in [-0.4, -0.2) is 82.0 Å². The number of fused-ring (bicyclic) bond motifs is 1. The van der Waals surface area contributed by atoms with Gasteiger partial charge in [0.05, 0.1) is 32.7 Å². The Morgan fingerprint density at radius 1 is 1.09 bits per heavy atom. The van der Waals surface area contributed by atoms with E-state index >= 15 is 0 Å². The molecule has 0 saturated carbocycles. The quantitative estimate of drug-likeness (QED) is 0.500. The fourth-order valence-electron chi connectivity index (χ4n) is 4.43. The largest absolute Gasteiger partial charge is 0.496 e. The summed E-state index contributed by atoms with van der Waals surface area (Å²) in [6.45, 7) is 11.4. The van der Waals surface area contributed by atoms with Crippen molar-refractivity contribution in [2.24, 2.45) is 0 Å². The van der Waals surface area contributed by atoms with Crippen LogP contribution in [0.2, 0.25) is 0 Å². The van der Waals surface area contributed by atoms with Crippen LogP contribution < -0.4 is 14.4 Å². The van der Waals surface area contributed by atoms with Gasteiger partial charge >= 0.3 is 0 Å². The molecule has 2 aliphatic heterocycles. The Morgan fingerprint density at radius 3 is 2.59 bits per heavy atom. The Balaban J connectivity index is 1.58. The molecule has 0 bridgehead atoms. The zero-order chi connectivity index (χ0) is 23.9. The second-order valence-electron chi connectivity index (χ2n) is 8.46. The third-order valence-corrected chi connectivity index (χ3v) is 6.48. The molecule has 0 aromatic heterocycles. The van der Waals surface area contributed by atoms with Gasteiger partial charge in [-0.25, -0.2) is 0 Å². The zero-order valence-corrected chi connectivity index (χ0v) is 20.5. The maximum Gasteiger partial charge on any atom is 0.260 e. The van der Waals surface area contributed by atoms with Crippen LogP contribution in [0.4, 0.5) is 5.69 Å². The first-order chi connectivity index (χ1) is 16.6. The first-order valence-corrected chi connectivity index (χ1v) is 12.1. The lowest BCUT2D eigenvalue weighted by Gasteiger charge is -2.30. The number of para-hydroxylation sites is 1. The highest BCUT2D eigenvalue weighted by atomic mass is 16.5. The number of hydrogen-bond donors (Lipinski definition) is 0. The molecule has 0 atom stereocenters. The normalized spacial score (nSPS) is 17.5. The number of likely N-dealkylation sites (N-methyl/N-ethyl adjacent to an activating group) is 1. The van der Waals surface area contributed by atoms with E-state index in [0.29, 0.717) is 37.8 Å². The summed E-state index contributed by atoms with van der Waals surface area (Å²) in [7, 11) is 1.65. The van der Waals surface area contributed by atoms with Crippen molar-refractivity contribution in [2.75, 3.05) is 71.2 Å². The zero-order valence-electron chi connectivity index (χ0n) is 20.5. The molecule has 0 radical (unpaired) electrons. The molecule has 7 nitrogen and oxygen atoms in total. The molecule has 2 aliphatic rings. The smallest absolute Gasteiger partial charge is 0.260 e. The molecule has 1 fully saturated rings.